The first-order valence-electron chi connectivity index (χ1n) is 10.3. The minimum atomic E-state index is 0.0456. The fraction of sp³-hybridized carbons (Fsp3) is 0.348. The number of hydrogen-bond acceptors (Lipinski definition) is 3. The minimum absolute atomic E-state index is 0.0456. The Kier molecular flexibility index (Phi) is 7.43. The summed E-state index contributed by atoms with van der Waals surface area (Å²) in [6, 6.07) is 15.6. The number of aryl methyl sites for hydroxylation is 3. The van der Waals surface area contributed by atoms with E-state index in [1.807, 2.05) is 36.0 Å². The average Bonchev–Trinajstić information content (AvgIpc) is 3.09. The molecule has 0 saturated carbocycles. The predicted molar refractivity (Wildman–Crippen MR) is 121 cm³/mol. The third-order valence-corrected chi connectivity index (χ3v) is 4.92. The second-order valence-corrected chi connectivity index (χ2v) is 7.26. The van der Waals surface area contributed by atoms with Crippen LogP contribution in [0.4, 0.5) is 0 Å². The number of pyridine rings is 1. The number of guanidine groups is 1. The van der Waals surface area contributed by atoms with Gasteiger partial charge in [-0.05, 0) is 50.5 Å². The van der Waals surface area contributed by atoms with Crippen LogP contribution in [0.3, 0.4) is 0 Å². The maximum Gasteiger partial charge on any atom is 0.250 e. The van der Waals surface area contributed by atoms with Crippen molar-refractivity contribution in [2.45, 2.75) is 39.8 Å². The third kappa shape index (κ3) is 5.59. The van der Waals surface area contributed by atoms with Crippen LogP contribution >= 0.6 is 0 Å². The standard InChI is InChI=1S/C23H30N6O/c1-18-16-19(2)29(27-18)21-11-5-4-10-20(21)17-26-23(24-3)25-13-7-9-15-28-14-8-6-12-22(28)30/h4-6,8,10-12,14,16H,7,9,13,15,17H2,1-3H3,(H2,24,25,26). The summed E-state index contributed by atoms with van der Waals surface area (Å²) in [5.41, 5.74) is 4.38. The number of unbranched alkanes of at least 4 members (excludes halogenated alkanes) is 1. The number of nitrogens with one attached hydrogen (secondary N) is 2. The van der Waals surface area contributed by atoms with Crippen molar-refractivity contribution >= 4 is 5.96 Å². The molecule has 0 aliphatic carbocycles. The van der Waals surface area contributed by atoms with Crippen molar-refractivity contribution in [2.24, 2.45) is 4.99 Å². The van der Waals surface area contributed by atoms with E-state index >= 15 is 0 Å². The Bertz CT molecular complexity index is 1050. The van der Waals surface area contributed by atoms with E-state index < -0.39 is 0 Å². The van der Waals surface area contributed by atoms with E-state index in [0.29, 0.717) is 6.54 Å². The lowest BCUT2D eigenvalue weighted by Gasteiger charge is -2.15. The molecule has 3 rings (SSSR count). The van der Waals surface area contributed by atoms with Crippen LogP contribution < -0.4 is 16.2 Å². The lowest BCUT2D eigenvalue weighted by molar-refractivity contribution is 0.585. The van der Waals surface area contributed by atoms with Gasteiger partial charge in [0, 0.05) is 44.6 Å². The summed E-state index contributed by atoms with van der Waals surface area (Å²) >= 11 is 0. The maximum absolute atomic E-state index is 11.7. The Morgan fingerprint density at radius 2 is 1.87 bits per heavy atom. The molecular weight excluding hydrogens is 376 g/mol. The van der Waals surface area contributed by atoms with Gasteiger partial charge in [0.05, 0.1) is 11.4 Å². The predicted octanol–water partition coefficient (Wildman–Crippen LogP) is 2.80. The number of rotatable bonds is 8. The SMILES string of the molecule is CN=C(NCCCCn1ccccc1=O)NCc1ccccc1-n1nc(C)cc1C. The van der Waals surface area contributed by atoms with Gasteiger partial charge in [0.25, 0.3) is 0 Å². The lowest BCUT2D eigenvalue weighted by atomic mass is 10.1. The van der Waals surface area contributed by atoms with Crippen LogP contribution in [0.15, 0.2) is 64.5 Å². The highest BCUT2D eigenvalue weighted by atomic mass is 16.1. The topological polar surface area (TPSA) is 76.2 Å². The smallest absolute Gasteiger partial charge is 0.250 e. The van der Waals surface area contributed by atoms with E-state index in [1.54, 1.807) is 23.7 Å². The second-order valence-electron chi connectivity index (χ2n) is 7.26. The first-order chi connectivity index (χ1) is 14.6. The molecule has 0 radical (unpaired) electrons. The molecule has 0 amide bonds. The number of para-hydroxylation sites is 1. The van der Waals surface area contributed by atoms with Gasteiger partial charge in [-0.25, -0.2) is 4.68 Å². The maximum atomic E-state index is 11.7. The minimum Gasteiger partial charge on any atom is -0.356 e. The number of aliphatic imine (C=N–C) groups is 1. The van der Waals surface area contributed by atoms with E-state index in [9.17, 15) is 4.79 Å². The molecule has 0 unspecified atom stereocenters. The lowest BCUT2D eigenvalue weighted by Crippen LogP contribution is -2.37. The van der Waals surface area contributed by atoms with Gasteiger partial charge in [0.2, 0.25) is 5.56 Å². The quantitative estimate of drug-likeness (QED) is 0.343. The Labute approximate surface area is 177 Å². The molecule has 30 heavy (non-hydrogen) atoms. The molecule has 0 aliphatic rings. The Morgan fingerprint density at radius 1 is 1.07 bits per heavy atom. The summed E-state index contributed by atoms with van der Waals surface area (Å²) in [5, 5.41) is 11.3. The van der Waals surface area contributed by atoms with Crippen LogP contribution in [0.5, 0.6) is 0 Å². The van der Waals surface area contributed by atoms with Gasteiger partial charge in [-0.15, -0.1) is 0 Å². The van der Waals surface area contributed by atoms with Gasteiger partial charge in [-0.3, -0.25) is 9.79 Å². The van der Waals surface area contributed by atoms with Gasteiger partial charge in [0.1, 0.15) is 0 Å². The molecule has 2 N–H and O–H groups in total. The number of benzene rings is 1. The number of nitrogens with zero attached hydrogens (tertiary/aromatic N) is 4. The molecule has 158 valence electrons. The van der Waals surface area contributed by atoms with Gasteiger partial charge < -0.3 is 15.2 Å². The molecule has 0 saturated heterocycles. The van der Waals surface area contributed by atoms with Crippen molar-refractivity contribution in [1.82, 2.24) is 25.0 Å². The monoisotopic (exact) mass is 406 g/mol. The second kappa shape index (κ2) is 10.4. The first-order valence-corrected chi connectivity index (χ1v) is 10.3. The molecule has 7 nitrogen and oxygen atoms in total. The summed E-state index contributed by atoms with van der Waals surface area (Å²) in [5.74, 6) is 0.759. The van der Waals surface area contributed by atoms with Crippen LogP contribution in [0, 0.1) is 13.8 Å². The number of aromatic nitrogens is 3. The summed E-state index contributed by atoms with van der Waals surface area (Å²) in [6.07, 6.45) is 3.70. The van der Waals surface area contributed by atoms with E-state index in [4.69, 9.17) is 0 Å². The zero-order valence-electron chi connectivity index (χ0n) is 17.9. The Balaban J connectivity index is 1.50. The molecule has 7 heteroatoms. The highest BCUT2D eigenvalue weighted by Gasteiger charge is 2.09. The van der Waals surface area contributed by atoms with E-state index in [1.165, 1.54) is 0 Å². The summed E-state index contributed by atoms with van der Waals surface area (Å²) in [7, 11) is 1.77. The molecule has 2 aromatic heterocycles. The molecule has 0 aliphatic heterocycles. The van der Waals surface area contributed by atoms with Crippen molar-refractivity contribution < 1.29 is 0 Å². The average molecular weight is 407 g/mol. The molecule has 1 aromatic carbocycles. The molecule has 2 heterocycles. The van der Waals surface area contributed by atoms with E-state index in [2.05, 4.69) is 45.8 Å². The highest BCUT2D eigenvalue weighted by molar-refractivity contribution is 5.79. The summed E-state index contributed by atoms with van der Waals surface area (Å²) in [6.45, 7) is 6.23. The summed E-state index contributed by atoms with van der Waals surface area (Å²) in [4.78, 5) is 16.0. The van der Waals surface area contributed by atoms with Gasteiger partial charge in [-0.1, -0.05) is 24.3 Å². The molecule has 0 bridgehead atoms. The van der Waals surface area contributed by atoms with Crippen LogP contribution in [-0.4, -0.2) is 33.9 Å². The zero-order valence-corrected chi connectivity index (χ0v) is 17.9. The first kappa shape index (κ1) is 21.4. The zero-order chi connectivity index (χ0) is 21.3. The molecule has 0 fully saturated rings. The highest BCUT2D eigenvalue weighted by Crippen LogP contribution is 2.16. The Hall–Kier alpha value is -3.35. The van der Waals surface area contributed by atoms with Crippen LogP contribution in [0.25, 0.3) is 5.69 Å². The molecule has 3 aromatic rings. The molecular formula is C23H30N6O. The number of hydrogen-bond donors (Lipinski definition) is 2. The van der Waals surface area contributed by atoms with Crippen molar-refractivity contribution in [2.75, 3.05) is 13.6 Å². The van der Waals surface area contributed by atoms with Crippen molar-refractivity contribution in [3.05, 3.63) is 82.0 Å². The molecule has 0 spiro atoms. The van der Waals surface area contributed by atoms with Gasteiger partial charge in [-0.2, -0.15) is 5.10 Å². The fourth-order valence-corrected chi connectivity index (χ4v) is 3.40. The normalized spacial score (nSPS) is 11.5. The Morgan fingerprint density at radius 3 is 2.60 bits per heavy atom. The van der Waals surface area contributed by atoms with Crippen molar-refractivity contribution in [1.29, 1.82) is 0 Å². The molecule has 0 atom stereocenters. The van der Waals surface area contributed by atoms with Crippen molar-refractivity contribution in [3.8, 4) is 5.69 Å². The van der Waals surface area contributed by atoms with Crippen LogP contribution in [0.1, 0.15) is 29.8 Å². The van der Waals surface area contributed by atoms with Crippen LogP contribution in [-0.2, 0) is 13.1 Å². The largest absolute Gasteiger partial charge is 0.356 e. The van der Waals surface area contributed by atoms with Gasteiger partial charge >= 0.3 is 0 Å². The van der Waals surface area contributed by atoms with Gasteiger partial charge in [0.15, 0.2) is 5.96 Å². The van der Waals surface area contributed by atoms with Crippen LogP contribution in [0.2, 0.25) is 0 Å². The van der Waals surface area contributed by atoms with E-state index in [-0.39, 0.29) is 5.56 Å². The van der Waals surface area contributed by atoms with E-state index in [0.717, 1.165) is 54.5 Å². The fourth-order valence-electron chi connectivity index (χ4n) is 3.40. The third-order valence-electron chi connectivity index (χ3n) is 4.92. The summed E-state index contributed by atoms with van der Waals surface area (Å²) < 4.78 is 3.72. The van der Waals surface area contributed by atoms with Crippen molar-refractivity contribution in [3.63, 3.8) is 0 Å².